The van der Waals surface area contributed by atoms with Crippen molar-refractivity contribution in [2.45, 2.75) is 31.2 Å². The molecule has 0 saturated heterocycles. The predicted molar refractivity (Wildman–Crippen MR) is 87.2 cm³/mol. The normalized spacial score (nSPS) is 18.5. The van der Waals surface area contributed by atoms with E-state index in [1.165, 1.54) is 22.3 Å². The molecular formula is C17H16BrClO. The molecule has 2 unspecified atom stereocenters. The summed E-state index contributed by atoms with van der Waals surface area (Å²) in [4.78, 5) is 0.154. The van der Waals surface area contributed by atoms with Crippen molar-refractivity contribution in [3.8, 4) is 5.75 Å². The number of alkyl halides is 1. The largest absolute Gasteiger partial charge is 0.490 e. The lowest BCUT2D eigenvalue weighted by atomic mass is 10.00. The molecule has 0 bridgehead atoms. The van der Waals surface area contributed by atoms with Crippen molar-refractivity contribution in [3.63, 3.8) is 0 Å². The third kappa shape index (κ3) is 2.72. The summed E-state index contributed by atoms with van der Waals surface area (Å²) in [5.41, 5.74) is 4.89. The van der Waals surface area contributed by atoms with Gasteiger partial charge in [-0.2, -0.15) is 0 Å². The molecule has 0 saturated carbocycles. The van der Waals surface area contributed by atoms with Gasteiger partial charge in [-0.05, 0) is 54.3 Å². The van der Waals surface area contributed by atoms with Crippen LogP contribution < -0.4 is 4.74 Å². The molecule has 20 heavy (non-hydrogen) atoms. The van der Waals surface area contributed by atoms with Gasteiger partial charge in [-0.15, -0.1) is 0 Å². The van der Waals surface area contributed by atoms with Crippen LogP contribution in [0.1, 0.15) is 34.0 Å². The summed E-state index contributed by atoms with van der Waals surface area (Å²) in [5, 5.41) is 0.780. The van der Waals surface area contributed by atoms with Gasteiger partial charge >= 0.3 is 0 Å². The van der Waals surface area contributed by atoms with Crippen molar-refractivity contribution in [3.05, 3.63) is 63.7 Å². The lowest BCUT2D eigenvalue weighted by molar-refractivity contribution is 0.254. The van der Waals surface area contributed by atoms with E-state index in [9.17, 15) is 0 Å². The Kier molecular flexibility index (Phi) is 3.78. The molecule has 2 atom stereocenters. The lowest BCUT2D eigenvalue weighted by Gasteiger charge is -2.13. The van der Waals surface area contributed by atoms with Crippen molar-refractivity contribution in [2.75, 3.05) is 0 Å². The number of hydrogen-bond donors (Lipinski definition) is 0. The zero-order valence-electron chi connectivity index (χ0n) is 11.5. The maximum atomic E-state index is 6.15. The molecule has 3 rings (SSSR count). The molecule has 0 fully saturated rings. The van der Waals surface area contributed by atoms with Crippen LogP contribution in [0.2, 0.25) is 5.02 Å². The lowest BCUT2D eigenvalue weighted by Crippen LogP contribution is -2.05. The zero-order valence-corrected chi connectivity index (χ0v) is 13.8. The van der Waals surface area contributed by atoms with Gasteiger partial charge in [0.1, 0.15) is 11.9 Å². The van der Waals surface area contributed by atoms with Gasteiger partial charge in [0.2, 0.25) is 0 Å². The standard InChI is InChI=1S/C17H16BrClO/c1-10-5-14(9-15(19)6-10)17(18)12-3-4-16-13(8-12)7-11(2)20-16/h3-6,8-9,11,17H,7H2,1-2H3. The highest BCUT2D eigenvalue weighted by Gasteiger charge is 2.21. The van der Waals surface area contributed by atoms with Crippen molar-refractivity contribution < 1.29 is 4.74 Å². The molecule has 2 aromatic carbocycles. The van der Waals surface area contributed by atoms with Gasteiger partial charge in [0.25, 0.3) is 0 Å². The number of benzene rings is 2. The highest BCUT2D eigenvalue weighted by atomic mass is 79.9. The molecule has 2 aromatic rings. The molecule has 0 aromatic heterocycles. The molecule has 1 heterocycles. The maximum Gasteiger partial charge on any atom is 0.123 e. The van der Waals surface area contributed by atoms with Gasteiger partial charge in [-0.3, -0.25) is 0 Å². The summed E-state index contributed by atoms with van der Waals surface area (Å²) in [6.07, 6.45) is 1.26. The van der Waals surface area contributed by atoms with Gasteiger partial charge < -0.3 is 4.74 Å². The average molecular weight is 352 g/mol. The zero-order chi connectivity index (χ0) is 14.3. The molecule has 3 heteroatoms. The first-order valence-corrected chi connectivity index (χ1v) is 8.03. The topological polar surface area (TPSA) is 9.23 Å². The SMILES string of the molecule is Cc1cc(Cl)cc(C(Br)c2ccc3c(c2)CC(C)O3)c1. The van der Waals surface area contributed by atoms with Crippen molar-refractivity contribution in [1.82, 2.24) is 0 Å². The van der Waals surface area contributed by atoms with Gasteiger partial charge in [-0.25, -0.2) is 0 Å². The molecule has 1 aliphatic heterocycles. The van der Waals surface area contributed by atoms with Crippen LogP contribution in [-0.2, 0) is 6.42 Å². The van der Waals surface area contributed by atoms with E-state index in [0.717, 1.165) is 17.2 Å². The van der Waals surface area contributed by atoms with Crippen molar-refractivity contribution in [1.29, 1.82) is 0 Å². The van der Waals surface area contributed by atoms with E-state index in [1.54, 1.807) is 0 Å². The molecule has 0 radical (unpaired) electrons. The Bertz CT molecular complexity index is 633. The number of rotatable bonds is 2. The van der Waals surface area contributed by atoms with Gasteiger partial charge in [0, 0.05) is 11.4 Å². The van der Waals surface area contributed by atoms with Crippen LogP contribution in [0.5, 0.6) is 5.75 Å². The molecule has 1 nitrogen and oxygen atoms in total. The average Bonchev–Trinajstić information content (AvgIpc) is 2.75. The number of halogens is 2. The van der Waals surface area contributed by atoms with Crippen molar-refractivity contribution >= 4 is 27.5 Å². The third-order valence-electron chi connectivity index (χ3n) is 3.57. The molecule has 104 valence electrons. The summed E-state index contributed by atoms with van der Waals surface area (Å²) in [7, 11) is 0. The number of aryl methyl sites for hydroxylation is 1. The van der Waals surface area contributed by atoms with Crippen LogP contribution in [0.4, 0.5) is 0 Å². The molecule has 1 aliphatic rings. The minimum atomic E-state index is 0.154. The number of ether oxygens (including phenoxy) is 1. The van der Waals surface area contributed by atoms with Crippen LogP contribution in [0.25, 0.3) is 0 Å². The Balaban J connectivity index is 1.95. The van der Waals surface area contributed by atoms with E-state index in [2.05, 4.69) is 54.0 Å². The Morgan fingerprint density at radius 2 is 2.00 bits per heavy atom. The van der Waals surface area contributed by atoms with Crippen LogP contribution >= 0.6 is 27.5 Å². The minimum absolute atomic E-state index is 0.154. The monoisotopic (exact) mass is 350 g/mol. The van der Waals surface area contributed by atoms with E-state index in [-0.39, 0.29) is 10.9 Å². The van der Waals surface area contributed by atoms with Gasteiger partial charge in [0.05, 0.1) is 4.83 Å². The highest BCUT2D eigenvalue weighted by Crippen LogP contribution is 2.37. The quantitative estimate of drug-likeness (QED) is 0.653. The van der Waals surface area contributed by atoms with E-state index in [1.807, 2.05) is 12.1 Å². The molecule has 0 aliphatic carbocycles. The first kappa shape index (κ1) is 14.0. The Hall–Kier alpha value is -0.990. The maximum absolute atomic E-state index is 6.15. The first-order valence-electron chi connectivity index (χ1n) is 6.73. The molecule has 0 N–H and O–H groups in total. The second-order valence-corrected chi connectivity index (χ2v) is 6.78. The Labute approximate surface area is 133 Å². The summed E-state index contributed by atoms with van der Waals surface area (Å²) in [6.45, 7) is 4.17. The summed E-state index contributed by atoms with van der Waals surface area (Å²) in [5.74, 6) is 1.02. The van der Waals surface area contributed by atoms with Crippen LogP contribution in [0.3, 0.4) is 0 Å². The highest BCUT2D eigenvalue weighted by molar-refractivity contribution is 9.09. The number of hydrogen-bond acceptors (Lipinski definition) is 1. The van der Waals surface area contributed by atoms with E-state index >= 15 is 0 Å². The second kappa shape index (κ2) is 5.42. The third-order valence-corrected chi connectivity index (χ3v) is 4.85. The first-order chi connectivity index (χ1) is 9.52. The second-order valence-electron chi connectivity index (χ2n) is 5.42. The van der Waals surface area contributed by atoms with Crippen LogP contribution in [-0.4, -0.2) is 6.10 Å². The van der Waals surface area contributed by atoms with Crippen LogP contribution in [0.15, 0.2) is 36.4 Å². The van der Waals surface area contributed by atoms with E-state index < -0.39 is 0 Å². The van der Waals surface area contributed by atoms with Gasteiger partial charge in [-0.1, -0.05) is 45.7 Å². The number of fused-ring (bicyclic) bond motifs is 1. The fraction of sp³-hybridized carbons (Fsp3) is 0.294. The summed E-state index contributed by atoms with van der Waals surface area (Å²) >= 11 is 9.94. The fourth-order valence-corrected chi connectivity index (χ4v) is 3.55. The van der Waals surface area contributed by atoms with Gasteiger partial charge in [0.15, 0.2) is 0 Å². The Morgan fingerprint density at radius 3 is 2.75 bits per heavy atom. The summed E-state index contributed by atoms with van der Waals surface area (Å²) in [6, 6.07) is 12.6. The Morgan fingerprint density at radius 1 is 1.20 bits per heavy atom. The van der Waals surface area contributed by atoms with Crippen LogP contribution in [0, 0.1) is 6.92 Å². The molecule has 0 spiro atoms. The minimum Gasteiger partial charge on any atom is -0.490 e. The van der Waals surface area contributed by atoms with Crippen molar-refractivity contribution in [2.24, 2.45) is 0 Å². The van der Waals surface area contributed by atoms with E-state index in [4.69, 9.17) is 16.3 Å². The predicted octanol–water partition coefficient (Wildman–Crippen LogP) is 5.46. The fourth-order valence-electron chi connectivity index (χ4n) is 2.70. The summed E-state index contributed by atoms with van der Waals surface area (Å²) < 4.78 is 5.75. The smallest absolute Gasteiger partial charge is 0.123 e. The molecule has 0 amide bonds. The molecular weight excluding hydrogens is 336 g/mol. The van der Waals surface area contributed by atoms with E-state index in [0.29, 0.717) is 0 Å².